The Morgan fingerprint density at radius 2 is 1.93 bits per heavy atom. The molecule has 0 bridgehead atoms. The van der Waals surface area contributed by atoms with Crippen LogP contribution in [0.3, 0.4) is 0 Å². The number of sulfonamides is 1. The van der Waals surface area contributed by atoms with E-state index in [1.54, 1.807) is 25.1 Å². The van der Waals surface area contributed by atoms with Crippen LogP contribution in [0.1, 0.15) is 5.56 Å². The number of rotatable bonds is 3. The Balaban J connectivity index is 2.97. The minimum atomic E-state index is -3.75. The molecule has 0 fully saturated rings. The van der Waals surface area contributed by atoms with Crippen molar-refractivity contribution in [1.82, 2.24) is 10.3 Å². The highest BCUT2D eigenvalue weighted by atomic mass is 32.2. The molecule has 2 amide bonds. The molecule has 0 aromatic heterocycles. The minimum absolute atomic E-state index is 0.0961. The van der Waals surface area contributed by atoms with Gasteiger partial charge in [-0.15, -0.1) is 4.83 Å². The molecule has 0 aliphatic heterocycles. The van der Waals surface area contributed by atoms with Crippen LogP contribution in [0.25, 0.3) is 0 Å². The summed E-state index contributed by atoms with van der Waals surface area (Å²) in [7, 11) is -3.75. The van der Waals surface area contributed by atoms with Crippen LogP contribution in [0.4, 0.5) is 4.79 Å². The van der Waals surface area contributed by atoms with Crippen molar-refractivity contribution in [2.75, 3.05) is 0 Å². The van der Waals surface area contributed by atoms with Gasteiger partial charge in [0.05, 0.1) is 4.90 Å². The number of urea groups is 1. The van der Waals surface area contributed by atoms with E-state index in [4.69, 9.17) is 5.73 Å². The molecule has 1 aromatic carbocycles. The molecule has 6 nitrogen and oxygen atoms in total. The summed E-state index contributed by atoms with van der Waals surface area (Å²) < 4.78 is 23.2. The lowest BCUT2D eigenvalue weighted by Crippen LogP contribution is -2.44. The Morgan fingerprint density at radius 1 is 1.33 bits per heavy atom. The molecule has 0 heterocycles. The van der Waals surface area contributed by atoms with Crippen LogP contribution in [-0.2, 0) is 10.0 Å². The summed E-state index contributed by atoms with van der Waals surface area (Å²) in [6.07, 6.45) is 0. The van der Waals surface area contributed by atoms with Gasteiger partial charge in [-0.2, -0.15) is 0 Å². The van der Waals surface area contributed by atoms with E-state index in [2.05, 4.69) is 0 Å². The Bertz CT molecular complexity index is 470. The molecular formula is C8H11N3O3S. The van der Waals surface area contributed by atoms with E-state index < -0.39 is 16.1 Å². The molecule has 0 spiro atoms. The Morgan fingerprint density at radius 3 is 2.47 bits per heavy atom. The van der Waals surface area contributed by atoms with Crippen molar-refractivity contribution in [2.24, 2.45) is 5.73 Å². The highest BCUT2D eigenvalue weighted by Gasteiger charge is 2.15. The molecule has 0 saturated heterocycles. The number of nitrogens with two attached hydrogens (primary N) is 1. The van der Waals surface area contributed by atoms with Gasteiger partial charge in [0, 0.05) is 0 Å². The summed E-state index contributed by atoms with van der Waals surface area (Å²) >= 11 is 0. The van der Waals surface area contributed by atoms with Gasteiger partial charge in [-0.1, -0.05) is 18.2 Å². The number of hydrogen-bond acceptors (Lipinski definition) is 3. The van der Waals surface area contributed by atoms with Gasteiger partial charge in [-0.3, -0.25) is 5.43 Å². The number of carbonyl (C=O) groups excluding carboxylic acids is 1. The average Bonchev–Trinajstić information content (AvgIpc) is 2.15. The van der Waals surface area contributed by atoms with Gasteiger partial charge in [0.1, 0.15) is 0 Å². The van der Waals surface area contributed by atoms with Gasteiger partial charge >= 0.3 is 6.03 Å². The molecular weight excluding hydrogens is 218 g/mol. The zero-order valence-electron chi connectivity index (χ0n) is 8.02. The molecule has 15 heavy (non-hydrogen) atoms. The fourth-order valence-electron chi connectivity index (χ4n) is 1.03. The number of nitrogens with one attached hydrogen (secondary N) is 2. The molecule has 4 N–H and O–H groups in total. The number of primary amides is 1. The van der Waals surface area contributed by atoms with Gasteiger partial charge in [-0.05, 0) is 18.6 Å². The average molecular weight is 229 g/mol. The monoisotopic (exact) mass is 229 g/mol. The molecule has 0 atom stereocenters. The van der Waals surface area contributed by atoms with Gasteiger partial charge in [0.25, 0.3) is 10.0 Å². The predicted molar refractivity (Wildman–Crippen MR) is 54.2 cm³/mol. The lowest BCUT2D eigenvalue weighted by Gasteiger charge is -2.08. The third-order valence-corrected chi connectivity index (χ3v) is 3.10. The van der Waals surface area contributed by atoms with Gasteiger partial charge < -0.3 is 5.73 Å². The van der Waals surface area contributed by atoms with Crippen LogP contribution in [0.2, 0.25) is 0 Å². The number of hydrazine groups is 1. The molecule has 1 rings (SSSR count). The van der Waals surface area contributed by atoms with Crippen molar-refractivity contribution in [1.29, 1.82) is 0 Å². The van der Waals surface area contributed by atoms with E-state index >= 15 is 0 Å². The maximum absolute atomic E-state index is 11.6. The van der Waals surface area contributed by atoms with Gasteiger partial charge in [0.2, 0.25) is 0 Å². The summed E-state index contributed by atoms with van der Waals surface area (Å²) in [5.41, 5.74) is 7.13. The molecule has 7 heteroatoms. The highest BCUT2D eigenvalue weighted by molar-refractivity contribution is 7.89. The lowest BCUT2D eigenvalue weighted by atomic mass is 10.2. The zero-order valence-corrected chi connectivity index (χ0v) is 8.84. The fraction of sp³-hybridized carbons (Fsp3) is 0.125. The van der Waals surface area contributed by atoms with Crippen molar-refractivity contribution < 1.29 is 13.2 Å². The van der Waals surface area contributed by atoms with Gasteiger partial charge in [-0.25, -0.2) is 13.2 Å². The number of aryl methyl sites for hydroxylation is 1. The second kappa shape index (κ2) is 4.28. The van der Waals surface area contributed by atoms with E-state index in [1.807, 2.05) is 10.3 Å². The van der Waals surface area contributed by atoms with E-state index in [-0.39, 0.29) is 4.90 Å². The second-order valence-corrected chi connectivity index (χ2v) is 4.51. The normalized spacial score (nSPS) is 11.0. The first kappa shape index (κ1) is 11.5. The molecule has 0 radical (unpaired) electrons. The lowest BCUT2D eigenvalue weighted by molar-refractivity contribution is 0.247. The van der Waals surface area contributed by atoms with Crippen molar-refractivity contribution in [2.45, 2.75) is 11.8 Å². The molecule has 0 unspecified atom stereocenters. The maximum Gasteiger partial charge on any atom is 0.327 e. The van der Waals surface area contributed by atoms with Crippen molar-refractivity contribution in [3.05, 3.63) is 29.8 Å². The number of hydrogen-bond donors (Lipinski definition) is 3. The highest BCUT2D eigenvalue weighted by Crippen LogP contribution is 2.12. The quantitative estimate of drug-likeness (QED) is 0.628. The van der Waals surface area contributed by atoms with Crippen LogP contribution < -0.4 is 16.0 Å². The summed E-state index contributed by atoms with van der Waals surface area (Å²) in [6.45, 7) is 1.65. The number of benzene rings is 1. The molecule has 0 aliphatic carbocycles. The first-order chi connectivity index (χ1) is 6.93. The van der Waals surface area contributed by atoms with Crippen molar-refractivity contribution >= 4 is 16.1 Å². The summed E-state index contributed by atoms with van der Waals surface area (Å²) in [4.78, 5) is 12.3. The summed E-state index contributed by atoms with van der Waals surface area (Å²) in [6, 6.07) is 5.42. The maximum atomic E-state index is 11.6. The van der Waals surface area contributed by atoms with Crippen LogP contribution in [0.15, 0.2) is 29.2 Å². The SMILES string of the molecule is Cc1ccccc1S(=O)(=O)NNC(N)=O. The van der Waals surface area contributed by atoms with E-state index in [0.29, 0.717) is 5.56 Å². The van der Waals surface area contributed by atoms with E-state index in [0.717, 1.165) is 0 Å². The third-order valence-electron chi connectivity index (χ3n) is 1.69. The molecule has 1 aromatic rings. The topological polar surface area (TPSA) is 101 Å². The van der Waals surface area contributed by atoms with Crippen molar-refractivity contribution in [3.63, 3.8) is 0 Å². The summed E-state index contributed by atoms with van der Waals surface area (Å²) in [5.74, 6) is 0. The van der Waals surface area contributed by atoms with E-state index in [1.165, 1.54) is 6.07 Å². The smallest absolute Gasteiger partial charge is 0.327 e. The standard InChI is InChI=1S/C8H11N3O3S/c1-6-4-2-3-5-7(6)15(13,14)11-10-8(9)12/h2-5,11H,1H3,(H3,9,10,12). The Kier molecular flexibility index (Phi) is 3.28. The van der Waals surface area contributed by atoms with Gasteiger partial charge in [0.15, 0.2) is 0 Å². The minimum Gasteiger partial charge on any atom is -0.351 e. The van der Waals surface area contributed by atoms with Crippen LogP contribution in [-0.4, -0.2) is 14.4 Å². The fourth-order valence-corrected chi connectivity index (χ4v) is 2.12. The van der Waals surface area contributed by atoms with Crippen molar-refractivity contribution in [3.8, 4) is 0 Å². The molecule has 0 saturated carbocycles. The Hall–Kier alpha value is -1.60. The molecule has 82 valence electrons. The Labute approximate surface area is 87.5 Å². The second-order valence-electron chi connectivity index (χ2n) is 2.86. The predicted octanol–water partition coefficient (Wildman–Crippen LogP) is -0.143. The first-order valence-corrected chi connectivity index (χ1v) is 5.54. The number of amides is 2. The molecule has 0 aliphatic rings. The van der Waals surface area contributed by atoms with Crippen LogP contribution in [0, 0.1) is 6.92 Å². The summed E-state index contributed by atoms with van der Waals surface area (Å²) in [5, 5.41) is 0. The largest absolute Gasteiger partial charge is 0.351 e. The number of carbonyl (C=O) groups is 1. The van der Waals surface area contributed by atoms with Crippen LogP contribution in [0.5, 0.6) is 0 Å². The first-order valence-electron chi connectivity index (χ1n) is 4.06. The van der Waals surface area contributed by atoms with Crippen LogP contribution >= 0.6 is 0 Å². The van der Waals surface area contributed by atoms with E-state index in [9.17, 15) is 13.2 Å². The third kappa shape index (κ3) is 2.93. The zero-order chi connectivity index (χ0) is 11.5.